The van der Waals surface area contributed by atoms with Crippen molar-refractivity contribution < 1.29 is 14.3 Å². The monoisotopic (exact) mass is 405 g/mol. The highest BCUT2D eigenvalue weighted by atomic mass is 35.5. The van der Waals surface area contributed by atoms with Gasteiger partial charge in [0.05, 0.1) is 17.2 Å². The normalized spacial score (nSPS) is 10.0. The van der Waals surface area contributed by atoms with Crippen molar-refractivity contribution in [1.29, 1.82) is 0 Å². The van der Waals surface area contributed by atoms with Gasteiger partial charge in [-0.1, -0.05) is 43.1 Å². The molecule has 0 saturated carbocycles. The zero-order valence-corrected chi connectivity index (χ0v) is 16.3. The number of hydrogen-bond donors (Lipinski definition) is 3. The summed E-state index contributed by atoms with van der Waals surface area (Å²) in [5.74, 6) is -0.272. The molecule has 2 amide bonds. The van der Waals surface area contributed by atoms with Crippen LogP contribution in [0.5, 0.6) is 5.75 Å². The van der Waals surface area contributed by atoms with E-state index < -0.39 is 11.8 Å². The molecule has 0 heterocycles. The Hall–Kier alpha value is -2.64. The molecule has 0 saturated heterocycles. The van der Waals surface area contributed by atoms with Gasteiger partial charge in [0.15, 0.2) is 5.11 Å². The molecule has 0 aliphatic carbocycles. The highest BCUT2D eigenvalue weighted by Crippen LogP contribution is 2.15. The van der Waals surface area contributed by atoms with Gasteiger partial charge in [-0.25, -0.2) is 0 Å². The first kappa shape index (κ1) is 20.7. The number of carbonyl (C=O) groups excluding carboxylic acids is 2. The van der Waals surface area contributed by atoms with Gasteiger partial charge >= 0.3 is 0 Å². The molecule has 0 aliphatic rings. The Bertz CT molecular complexity index is 829. The van der Waals surface area contributed by atoms with E-state index in [1.54, 1.807) is 48.5 Å². The van der Waals surface area contributed by atoms with Crippen molar-refractivity contribution in [2.75, 3.05) is 6.61 Å². The summed E-state index contributed by atoms with van der Waals surface area (Å²) in [5.41, 5.74) is 5.55. The highest BCUT2D eigenvalue weighted by molar-refractivity contribution is 7.80. The molecule has 2 rings (SSSR count). The van der Waals surface area contributed by atoms with E-state index in [0.29, 0.717) is 22.9 Å². The van der Waals surface area contributed by atoms with Gasteiger partial charge in [0, 0.05) is 5.56 Å². The molecule has 0 unspecified atom stereocenters. The maximum Gasteiger partial charge on any atom is 0.271 e. The predicted octanol–water partition coefficient (Wildman–Crippen LogP) is 3.47. The molecule has 0 fully saturated rings. The number of hydrogen-bond acceptors (Lipinski definition) is 4. The third-order valence-corrected chi connectivity index (χ3v) is 4.03. The smallest absolute Gasteiger partial charge is 0.271 e. The topological polar surface area (TPSA) is 79.5 Å². The lowest BCUT2D eigenvalue weighted by Gasteiger charge is -2.12. The summed E-state index contributed by atoms with van der Waals surface area (Å²) in [6.45, 7) is 2.67. The van der Waals surface area contributed by atoms with E-state index >= 15 is 0 Å². The van der Waals surface area contributed by atoms with E-state index in [1.165, 1.54) is 0 Å². The van der Waals surface area contributed by atoms with E-state index in [9.17, 15) is 9.59 Å². The average Bonchev–Trinajstić information content (AvgIpc) is 2.67. The molecule has 27 heavy (non-hydrogen) atoms. The number of thiocarbonyl (C=S) groups is 1. The van der Waals surface area contributed by atoms with Crippen molar-refractivity contribution in [2.45, 2.75) is 19.8 Å². The molecular formula is C19H20ClN3O3S. The number of ether oxygens (including phenoxy) is 1. The minimum absolute atomic E-state index is 0.0438. The number of nitrogens with one attached hydrogen (secondary N) is 3. The second-order valence-electron chi connectivity index (χ2n) is 5.57. The van der Waals surface area contributed by atoms with Crippen LogP contribution in [0.1, 0.15) is 40.5 Å². The fraction of sp³-hybridized carbons (Fsp3) is 0.211. The Morgan fingerprint density at radius 1 is 1.07 bits per heavy atom. The van der Waals surface area contributed by atoms with Crippen molar-refractivity contribution in [3.05, 3.63) is 64.7 Å². The molecule has 0 radical (unpaired) electrons. The number of rotatable bonds is 6. The Kier molecular flexibility index (Phi) is 8.03. The van der Waals surface area contributed by atoms with Gasteiger partial charge in [-0.15, -0.1) is 0 Å². The minimum Gasteiger partial charge on any atom is -0.494 e. The molecule has 0 atom stereocenters. The van der Waals surface area contributed by atoms with Gasteiger partial charge in [-0.3, -0.25) is 25.8 Å². The summed E-state index contributed by atoms with van der Waals surface area (Å²) in [7, 11) is 0. The van der Waals surface area contributed by atoms with Crippen LogP contribution in [0.2, 0.25) is 5.02 Å². The number of hydrazine groups is 1. The van der Waals surface area contributed by atoms with Gasteiger partial charge in [0.1, 0.15) is 5.75 Å². The van der Waals surface area contributed by atoms with Crippen LogP contribution >= 0.6 is 23.8 Å². The second kappa shape index (κ2) is 10.5. The maximum atomic E-state index is 12.3. The van der Waals surface area contributed by atoms with Crippen molar-refractivity contribution >= 4 is 40.7 Å². The number of halogens is 1. The Balaban J connectivity index is 1.86. The van der Waals surface area contributed by atoms with E-state index in [1.807, 2.05) is 0 Å². The molecule has 8 heteroatoms. The van der Waals surface area contributed by atoms with Gasteiger partial charge < -0.3 is 4.74 Å². The van der Waals surface area contributed by atoms with E-state index in [-0.39, 0.29) is 10.7 Å². The number of unbranched alkanes of at least 4 members (excludes halogenated alkanes) is 1. The summed E-state index contributed by atoms with van der Waals surface area (Å²) >= 11 is 11.0. The average molecular weight is 406 g/mol. The molecule has 0 aliphatic heterocycles. The summed E-state index contributed by atoms with van der Waals surface area (Å²) < 4.78 is 5.58. The van der Waals surface area contributed by atoms with Gasteiger partial charge in [0.25, 0.3) is 11.8 Å². The van der Waals surface area contributed by atoms with Gasteiger partial charge in [-0.05, 0) is 49.0 Å². The third kappa shape index (κ3) is 6.54. The predicted molar refractivity (Wildman–Crippen MR) is 109 cm³/mol. The molecule has 2 aromatic carbocycles. The van der Waals surface area contributed by atoms with E-state index in [4.69, 9.17) is 28.6 Å². The quantitative estimate of drug-likeness (QED) is 0.389. The van der Waals surface area contributed by atoms with Crippen LogP contribution < -0.4 is 20.9 Å². The molecule has 0 bridgehead atoms. The largest absolute Gasteiger partial charge is 0.494 e. The maximum absolute atomic E-state index is 12.3. The van der Waals surface area contributed by atoms with E-state index in [2.05, 4.69) is 23.1 Å². The SMILES string of the molecule is CCCCOc1cccc(C(=O)NC(=S)NNC(=O)c2ccccc2Cl)c1. The fourth-order valence-electron chi connectivity index (χ4n) is 2.09. The Labute approximate surface area is 168 Å². The molecular weight excluding hydrogens is 386 g/mol. The standard InChI is InChI=1S/C19H20ClN3O3S/c1-2-3-11-26-14-8-6-7-13(12-14)17(24)21-19(27)23-22-18(25)15-9-4-5-10-16(15)20/h4-10,12H,2-3,11H2,1H3,(H,22,25)(H2,21,23,24,27). The fourth-order valence-corrected chi connectivity index (χ4v) is 2.46. The van der Waals surface area contributed by atoms with Crippen LogP contribution in [-0.2, 0) is 0 Å². The zero-order valence-electron chi connectivity index (χ0n) is 14.8. The van der Waals surface area contributed by atoms with Crippen LogP contribution in [0.4, 0.5) is 0 Å². The van der Waals surface area contributed by atoms with E-state index in [0.717, 1.165) is 12.8 Å². The summed E-state index contributed by atoms with van der Waals surface area (Å²) in [5, 5.41) is 2.76. The van der Waals surface area contributed by atoms with Crippen molar-refractivity contribution in [2.24, 2.45) is 0 Å². The lowest BCUT2D eigenvalue weighted by atomic mass is 10.2. The number of carbonyl (C=O) groups is 2. The summed E-state index contributed by atoms with van der Waals surface area (Å²) in [4.78, 5) is 24.3. The zero-order chi connectivity index (χ0) is 19.6. The molecule has 0 spiro atoms. The molecule has 0 aromatic heterocycles. The summed E-state index contributed by atoms with van der Waals surface area (Å²) in [6, 6.07) is 13.4. The second-order valence-corrected chi connectivity index (χ2v) is 6.39. The van der Waals surface area contributed by atoms with Crippen molar-refractivity contribution in [3.8, 4) is 5.75 Å². The molecule has 142 valence electrons. The Morgan fingerprint density at radius 2 is 1.85 bits per heavy atom. The van der Waals surface area contributed by atoms with Crippen LogP contribution in [-0.4, -0.2) is 23.5 Å². The lowest BCUT2D eigenvalue weighted by molar-refractivity contribution is 0.0934. The first-order valence-electron chi connectivity index (χ1n) is 8.40. The first-order chi connectivity index (χ1) is 13.0. The molecule has 2 aromatic rings. The lowest BCUT2D eigenvalue weighted by Crippen LogP contribution is -2.48. The van der Waals surface area contributed by atoms with Crippen LogP contribution in [0, 0.1) is 0 Å². The first-order valence-corrected chi connectivity index (χ1v) is 9.19. The van der Waals surface area contributed by atoms with Gasteiger partial charge in [0.2, 0.25) is 0 Å². The molecule has 3 N–H and O–H groups in total. The van der Waals surface area contributed by atoms with Crippen molar-refractivity contribution in [1.82, 2.24) is 16.2 Å². The minimum atomic E-state index is -0.469. The Morgan fingerprint density at radius 3 is 2.59 bits per heavy atom. The molecule has 6 nitrogen and oxygen atoms in total. The number of benzene rings is 2. The summed E-state index contributed by atoms with van der Waals surface area (Å²) in [6.07, 6.45) is 1.97. The highest BCUT2D eigenvalue weighted by Gasteiger charge is 2.12. The van der Waals surface area contributed by atoms with Crippen LogP contribution in [0.3, 0.4) is 0 Å². The van der Waals surface area contributed by atoms with Crippen LogP contribution in [0.25, 0.3) is 0 Å². The van der Waals surface area contributed by atoms with Gasteiger partial charge in [-0.2, -0.15) is 0 Å². The third-order valence-electron chi connectivity index (χ3n) is 3.50. The van der Waals surface area contributed by atoms with Crippen molar-refractivity contribution in [3.63, 3.8) is 0 Å². The number of amides is 2. The van der Waals surface area contributed by atoms with Crippen LogP contribution in [0.15, 0.2) is 48.5 Å².